The molecule has 1 heterocycles. The third-order valence-corrected chi connectivity index (χ3v) is 4.21. The van der Waals surface area contributed by atoms with Crippen molar-refractivity contribution in [2.24, 2.45) is 5.92 Å². The van der Waals surface area contributed by atoms with Crippen molar-refractivity contribution in [3.63, 3.8) is 0 Å². The van der Waals surface area contributed by atoms with Gasteiger partial charge < -0.3 is 10.2 Å². The van der Waals surface area contributed by atoms with E-state index in [1.54, 1.807) is 12.1 Å². The number of likely N-dealkylation sites (tertiary alicyclic amines) is 1. The quantitative estimate of drug-likeness (QED) is 0.878. The van der Waals surface area contributed by atoms with Crippen molar-refractivity contribution in [1.29, 1.82) is 0 Å². The van der Waals surface area contributed by atoms with Gasteiger partial charge in [-0.2, -0.15) is 0 Å². The molecule has 1 aromatic carbocycles. The minimum Gasteiger partial charge on any atom is -0.313 e. The smallest absolute Gasteiger partial charge is 0.123 e. The molecule has 0 aromatic heterocycles. The summed E-state index contributed by atoms with van der Waals surface area (Å²) in [7, 11) is 1.95. The molecule has 19 heavy (non-hydrogen) atoms. The lowest BCUT2D eigenvalue weighted by molar-refractivity contribution is 0.185. The molecule has 1 fully saturated rings. The fourth-order valence-corrected chi connectivity index (χ4v) is 2.80. The van der Waals surface area contributed by atoms with Gasteiger partial charge in [-0.25, -0.2) is 4.39 Å². The highest BCUT2D eigenvalue weighted by molar-refractivity contribution is 5.20. The van der Waals surface area contributed by atoms with Crippen LogP contribution in [0.3, 0.4) is 0 Å². The van der Waals surface area contributed by atoms with Crippen LogP contribution < -0.4 is 5.32 Å². The summed E-state index contributed by atoms with van der Waals surface area (Å²) < 4.78 is 13.3. The number of benzene rings is 1. The van der Waals surface area contributed by atoms with Gasteiger partial charge in [0, 0.05) is 6.04 Å². The Morgan fingerprint density at radius 3 is 2.74 bits per heavy atom. The monoisotopic (exact) mass is 264 g/mol. The number of nitrogens with one attached hydrogen (secondary N) is 1. The first-order valence-electron chi connectivity index (χ1n) is 7.34. The lowest BCUT2D eigenvalue weighted by atomic mass is 9.98. The summed E-state index contributed by atoms with van der Waals surface area (Å²) in [4.78, 5) is 2.53. The van der Waals surface area contributed by atoms with Crippen LogP contribution in [0.1, 0.15) is 37.8 Å². The zero-order valence-corrected chi connectivity index (χ0v) is 12.0. The Morgan fingerprint density at radius 2 is 2.11 bits per heavy atom. The highest BCUT2D eigenvalue weighted by Gasteiger charge is 2.17. The summed E-state index contributed by atoms with van der Waals surface area (Å²) >= 11 is 0. The van der Waals surface area contributed by atoms with Gasteiger partial charge in [0.1, 0.15) is 5.82 Å². The molecule has 1 atom stereocenters. The molecule has 0 spiro atoms. The van der Waals surface area contributed by atoms with Gasteiger partial charge >= 0.3 is 0 Å². The number of piperidine rings is 1. The number of nitrogens with zero attached hydrogens (tertiary/aromatic N) is 1. The van der Waals surface area contributed by atoms with Crippen molar-refractivity contribution >= 4 is 0 Å². The summed E-state index contributed by atoms with van der Waals surface area (Å²) in [6, 6.07) is 7.18. The van der Waals surface area contributed by atoms with Gasteiger partial charge in [0.25, 0.3) is 0 Å². The maximum atomic E-state index is 13.3. The number of hydrogen-bond acceptors (Lipinski definition) is 2. The topological polar surface area (TPSA) is 15.3 Å². The fourth-order valence-electron chi connectivity index (χ4n) is 2.80. The molecule has 1 aliphatic heterocycles. The van der Waals surface area contributed by atoms with E-state index in [0.29, 0.717) is 0 Å². The fraction of sp³-hybridized carbons (Fsp3) is 0.625. The van der Waals surface area contributed by atoms with Gasteiger partial charge in [-0.1, -0.05) is 19.1 Å². The van der Waals surface area contributed by atoms with E-state index in [2.05, 4.69) is 17.1 Å². The van der Waals surface area contributed by atoms with Gasteiger partial charge in [0.15, 0.2) is 0 Å². The highest BCUT2D eigenvalue weighted by Crippen LogP contribution is 2.20. The Bertz CT molecular complexity index is 386. The minimum atomic E-state index is -0.149. The van der Waals surface area contributed by atoms with E-state index in [-0.39, 0.29) is 11.9 Å². The predicted molar refractivity (Wildman–Crippen MR) is 77.7 cm³/mol. The summed E-state index contributed by atoms with van der Waals surface area (Å²) in [6.07, 6.45) is 3.66. The van der Waals surface area contributed by atoms with E-state index in [1.807, 2.05) is 13.1 Å². The first kappa shape index (κ1) is 14.5. The number of halogens is 1. The second-order valence-corrected chi connectivity index (χ2v) is 5.71. The molecular weight excluding hydrogens is 239 g/mol. The Balaban J connectivity index is 1.86. The highest BCUT2D eigenvalue weighted by atomic mass is 19.1. The van der Waals surface area contributed by atoms with Gasteiger partial charge in [-0.3, -0.25) is 0 Å². The lowest BCUT2D eigenvalue weighted by Gasteiger charge is -2.31. The third kappa shape index (κ3) is 4.29. The van der Waals surface area contributed by atoms with Crippen LogP contribution in [0.15, 0.2) is 24.3 Å². The maximum absolute atomic E-state index is 13.3. The van der Waals surface area contributed by atoms with E-state index in [1.165, 1.54) is 32.0 Å². The Morgan fingerprint density at radius 1 is 1.37 bits per heavy atom. The Hall–Kier alpha value is -0.930. The van der Waals surface area contributed by atoms with E-state index in [4.69, 9.17) is 0 Å². The van der Waals surface area contributed by atoms with E-state index in [0.717, 1.165) is 24.4 Å². The molecule has 1 aromatic rings. The molecule has 1 unspecified atom stereocenters. The molecule has 0 saturated carbocycles. The van der Waals surface area contributed by atoms with Gasteiger partial charge in [0.2, 0.25) is 0 Å². The standard InChI is InChI=1S/C16H25FN2/c1-13-6-9-19(10-7-13)11-8-16(18-2)14-4-3-5-15(17)12-14/h3-5,12-13,16,18H,6-11H2,1-2H3. The van der Waals surface area contributed by atoms with Crippen molar-refractivity contribution < 1.29 is 4.39 Å². The average molecular weight is 264 g/mol. The van der Waals surface area contributed by atoms with E-state index in [9.17, 15) is 4.39 Å². The van der Waals surface area contributed by atoms with Crippen molar-refractivity contribution in [3.8, 4) is 0 Å². The molecular formula is C16H25FN2. The summed E-state index contributed by atoms with van der Waals surface area (Å²) in [5.41, 5.74) is 1.05. The SMILES string of the molecule is CNC(CCN1CCC(C)CC1)c1cccc(F)c1. The molecule has 2 nitrogen and oxygen atoms in total. The average Bonchev–Trinajstić information content (AvgIpc) is 2.42. The van der Waals surface area contributed by atoms with Crippen LogP contribution in [0.4, 0.5) is 4.39 Å². The van der Waals surface area contributed by atoms with Crippen LogP contribution in [0.5, 0.6) is 0 Å². The first-order valence-corrected chi connectivity index (χ1v) is 7.34. The summed E-state index contributed by atoms with van der Waals surface area (Å²) in [5, 5.41) is 3.30. The molecule has 0 bridgehead atoms. The van der Waals surface area contributed by atoms with Gasteiger partial charge in [-0.15, -0.1) is 0 Å². The number of hydrogen-bond donors (Lipinski definition) is 1. The van der Waals surface area contributed by atoms with Crippen LogP contribution >= 0.6 is 0 Å². The second-order valence-electron chi connectivity index (χ2n) is 5.71. The van der Waals surface area contributed by atoms with E-state index < -0.39 is 0 Å². The minimum absolute atomic E-state index is 0.149. The summed E-state index contributed by atoms with van der Waals surface area (Å²) in [5.74, 6) is 0.726. The first-order chi connectivity index (χ1) is 9.19. The Kier molecular flexibility index (Phi) is 5.34. The molecule has 1 aliphatic rings. The Labute approximate surface area is 116 Å². The third-order valence-electron chi connectivity index (χ3n) is 4.21. The zero-order chi connectivity index (χ0) is 13.7. The van der Waals surface area contributed by atoms with Crippen LogP contribution in [-0.2, 0) is 0 Å². The normalized spacial score (nSPS) is 19.5. The van der Waals surface area contributed by atoms with Crippen molar-refractivity contribution in [1.82, 2.24) is 10.2 Å². The molecule has 0 amide bonds. The second kappa shape index (κ2) is 7.01. The van der Waals surface area contributed by atoms with Crippen LogP contribution in [0.25, 0.3) is 0 Å². The largest absolute Gasteiger partial charge is 0.313 e. The predicted octanol–water partition coefficient (Wildman–Crippen LogP) is 3.21. The molecule has 106 valence electrons. The zero-order valence-electron chi connectivity index (χ0n) is 12.0. The van der Waals surface area contributed by atoms with Crippen molar-refractivity contribution in [2.75, 3.05) is 26.7 Å². The van der Waals surface area contributed by atoms with Gasteiger partial charge in [-0.05, 0) is 69.6 Å². The molecule has 3 heteroatoms. The summed E-state index contributed by atoms with van der Waals surface area (Å²) in [6.45, 7) is 5.84. The number of rotatable bonds is 5. The van der Waals surface area contributed by atoms with E-state index >= 15 is 0 Å². The van der Waals surface area contributed by atoms with Crippen LogP contribution in [0.2, 0.25) is 0 Å². The maximum Gasteiger partial charge on any atom is 0.123 e. The molecule has 1 N–H and O–H groups in total. The van der Waals surface area contributed by atoms with Crippen LogP contribution in [0, 0.1) is 11.7 Å². The lowest BCUT2D eigenvalue weighted by Crippen LogP contribution is -2.35. The van der Waals surface area contributed by atoms with Crippen molar-refractivity contribution in [2.45, 2.75) is 32.2 Å². The van der Waals surface area contributed by atoms with Crippen molar-refractivity contribution in [3.05, 3.63) is 35.6 Å². The molecule has 0 aliphatic carbocycles. The molecule has 2 rings (SSSR count). The molecule has 1 saturated heterocycles. The molecule has 0 radical (unpaired) electrons. The van der Waals surface area contributed by atoms with Gasteiger partial charge in [0.05, 0.1) is 0 Å². The van der Waals surface area contributed by atoms with Crippen LogP contribution in [-0.4, -0.2) is 31.6 Å².